The molecule has 1 heterocycles. The van der Waals surface area contributed by atoms with Crippen molar-refractivity contribution in [3.8, 4) is 0 Å². The number of rotatable bonds is 5. The molecule has 0 aliphatic rings. The lowest BCUT2D eigenvalue weighted by Gasteiger charge is -2.26. The van der Waals surface area contributed by atoms with Crippen LogP contribution in [-0.2, 0) is 5.41 Å². The van der Waals surface area contributed by atoms with Gasteiger partial charge in [-0.15, -0.1) is 11.3 Å². The lowest BCUT2D eigenvalue weighted by atomic mass is 9.91. The van der Waals surface area contributed by atoms with E-state index in [1.165, 1.54) is 4.88 Å². The molecule has 2 nitrogen and oxygen atoms in total. The van der Waals surface area contributed by atoms with Crippen LogP contribution in [0, 0.1) is 0 Å². The predicted molar refractivity (Wildman–Crippen MR) is 74.2 cm³/mol. The average Bonchev–Trinajstić information content (AvgIpc) is 2.49. The number of thiophene rings is 1. The van der Waals surface area contributed by atoms with Gasteiger partial charge in [-0.1, -0.05) is 13.8 Å². The Bertz CT molecular complexity index is 341. The van der Waals surface area contributed by atoms with Gasteiger partial charge >= 0.3 is 0 Å². The molecule has 0 bridgehead atoms. The maximum absolute atomic E-state index is 9.62. The molecule has 0 amide bonds. The van der Waals surface area contributed by atoms with E-state index in [2.05, 4.69) is 47.2 Å². The van der Waals surface area contributed by atoms with E-state index in [0.717, 1.165) is 10.3 Å². The molecular formula is C12H20BrNOS. The Morgan fingerprint density at radius 2 is 1.88 bits per heavy atom. The van der Waals surface area contributed by atoms with Gasteiger partial charge in [0.25, 0.3) is 0 Å². The van der Waals surface area contributed by atoms with Crippen molar-refractivity contribution in [1.82, 2.24) is 5.32 Å². The van der Waals surface area contributed by atoms with Crippen molar-refractivity contribution in [1.29, 1.82) is 0 Å². The molecule has 0 aliphatic carbocycles. The Balaban J connectivity index is 2.52. The Morgan fingerprint density at radius 3 is 2.31 bits per heavy atom. The summed E-state index contributed by atoms with van der Waals surface area (Å²) in [6, 6.07) is 4.23. The van der Waals surface area contributed by atoms with Crippen LogP contribution < -0.4 is 5.32 Å². The van der Waals surface area contributed by atoms with Gasteiger partial charge in [0.1, 0.15) is 0 Å². The molecule has 4 heteroatoms. The predicted octanol–water partition coefficient (Wildman–Crippen LogP) is 3.15. The van der Waals surface area contributed by atoms with E-state index >= 15 is 0 Å². The SMILES string of the molecule is CC(C)(O)CNCC(C)(C)c1ccc(Br)s1. The molecule has 0 atom stereocenters. The van der Waals surface area contributed by atoms with Crippen LogP contribution in [0.15, 0.2) is 15.9 Å². The fourth-order valence-electron chi connectivity index (χ4n) is 1.45. The lowest BCUT2D eigenvalue weighted by molar-refractivity contribution is 0.0786. The molecule has 0 spiro atoms. The summed E-state index contributed by atoms with van der Waals surface area (Å²) in [6.45, 7) is 9.53. The third-order valence-electron chi connectivity index (χ3n) is 2.36. The maximum Gasteiger partial charge on any atom is 0.0715 e. The summed E-state index contributed by atoms with van der Waals surface area (Å²) in [6.07, 6.45) is 0. The van der Waals surface area contributed by atoms with Gasteiger partial charge in [0, 0.05) is 23.4 Å². The van der Waals surface area contributed by atoms with Crippen molar-refractivity contribution in [3.63, 3.8) is 0 Å². The zero-order valence-corrected chi connectivity index (χ0v) is 12.7. The number of hydrogen-bond acceptors (Lipinski definition) is 3. The molecule has 1 rings (SSSR count). The van der Waals surface area contributed by atoms with Gasteiger partial charge in [-0.05, 0) is 41.9 Å². The van der Waals surface area contributed by atoms with E-state index in [1.807, 2.05) is 13.8 Å². The zero-order valence-electron chi connectivity index (χ0n) is 10.3. The summed E-state index contributed by atoms with van der Waals surface area (Å²) in [4.78, 5) is 1.35. The third-order valence-corrected chi connectivity index (χ3v) is 4.35. The summed E-state index contributed by atoms with van der Waals surface area (Å²) >= 11 is 5.25. The first-order chi connectivity index (χ1) is 7.21. The average molecular weight is 306 g/mol. The molecule has 0 unspecified atom stereocenters. The molecule has 0 aliphatic heterocycles. The van der Waals surface area contributed by atoms with Crippen LogP contribution in [0.1, 0.15) is 32.6 Å². The van der Waals surface area contributed by atoms with Crippen LogP contribution in [0.25, 0.3) is 0 Å². The smallest absolute Gasteiger partial charge is 0.0715 e. The minimum Gasteiger partial charge on any atom is -0.389 e. The molecule has 0 fully saturated rings. The highest BCUT2D eigenvalue weighted by Gasteiger charge is 2.23. The van der Waals surface area contributed by atoms with Gasteiger partial charge in [0.05, 0.1) is 9.39 Å². The van der Waals surface area contributed by atoms with Crippen molar-refractivity contribution in [3.05, 3.63) is 20.8 Å². The normalized spacial score (nSPS) is 13.1. The monoisotopic (exact) mass is 305 g/mol. The van der Waals surface area contributed by atoms with Crippen LogP contribution >= 0.6 is 27.3 Å². The third kappa shape index (κ3) is 4.53. The van der Waals surface area contributed by atoms with Crippen LogP contribution in [0.3, 0.4) is 0 Å². The van der Waals surface area contributed by atoms with Gasteiger partial charge in [-0.3, -0.25) is 0 Å². The van der Waals surface area contributed by atoms with Crippen molar-refractivity contribution in [2.45, 2.75) is 38.7 Å². The van der Waals surface area contributed by atoms with Crippen LogP contribution in [0.4, 0.5) is 0 Å². The van der Waals surface area contributed by atoms with Gasteiger partial charge in [-0.2, -0.15) is 0 Å². The number of nitrogens with one attached hydrogen (secondary N) is 1. The second-order valence-electron chi connectivity index (χ2n) is 5.40. The second-order valence-corrected chi connectivity index (χ2v) is 7.87. The van der Waals surface area contributed by atoms with Crippen LogP contribution in [0.5, 0.6) is 0 Å². The lowest BCUT2D eigenvalue weighted by Crippen LogP contribution is -2.40. The van der Waals surface area contributed by atoms with Crippen molar-refractivity contribution in [2.24, 2.45) is 0 Å². The molecule has 92 valence electrons. The zero-order chi connectivity index (χ0) is 12.4. The molecule has 1 aromatic rings. The van der Waals surface area contributed by atoms with E-state index in [0.29, 0.717) is 6.54 Å². The minimum absolute atomic E-state index is 0.0991. The Hall–Kier alpha value is 0.1000. The highest BCUT2D eigenvalue weighted by molar-refractivity contribution is 9.11. The van der Waals surface area contributed by atoms with Gasteiger partial charge in [-0.25, -0.2) is 0 Å². The molecule has 0 saturated heterocycles. The van der Waals surface area contributed by atoms with Gasteiger partial charge in [0.15, 0.2) is 0 Å². The molecule has 0 aromatic carbocycles. The highest BCUT2D eigenvalue weighted by Crippen LogP contribution is 2.32. The van der Waals surface area contributed by atoms with Gasteiger partial charge < -0.3 is 10.4 Å². The van der Waals surface area contributed by atoms with Crippen molar-refractivity contribution < 1.29 is 5.11 Å². The number of halogens is 1. The van der Waals surface area contributed by atoms with E-state index in [4.69, 9.17) is 0 Å². The van der Waals surface area contributed by atoms with E-state index < -0.39 is 5.60 Å². The second kappa shape index (κ2) is 5.17. The summed E-state index contributed by atoms with van der Waals surface area (Å²) in [7, 11) is 0. The Morgan fingerprint density at radius 1 is 1.25 bits per heavy atom. The highest BCUT2D eigenvalue weighted by atomic mass is 79.9. The molecule has 0 radical (unpaired) electrons. The standard InChI is InChI=1S/C12H20BrNOS/c1-11(2,7-14-8-12(3,4)15)9-5-6-10(13)16-9/h5-6,14-15H,7-8H2,1-4H3. The molecule has 16 heavy (non-hydrogen) atoms. The van der Waals surface area contributed by atoms with Crippen molar-refractivity contribution >= 4 is 27.3 Å². The van der Waals surface area contributed by atoms with Crippen LogP contribution in [0.2, 0.25) is 0 Å². The van der Waals surface area contributed by atoms with Gasteiger partial charge in [0.2, 0.25) is 0 Å². The maximum atomic E-state index is 9.62. The summed E-state index contributed by atoms with van der Waals surface area (Å²) in [5.41, 5.74) is -0.548. The molecular weight excluding hydrogens is 286 g/mol. The number of hydrogen-bond donors (Lipinski definition) is 2. The fraction of sp³-hybridized carbons (Fsp3) is 0.667. The summed E-state index contributed by atoms with van der Waals surface area (Å²) < 4.78 is 1.16. The first kappa shape index (κ1) is 14.2. The quantitative estimate of drug-likeness (QED) is 0.876. The summed E-state index contributed by atoms with van der Waals surface area (Å²) in [5, 5.41) is 12.9. The fourth-order valence-corrected chi connectivity index (χ4v) is 2.93. The van der Waals surface area contributed by atoms with E-state index in [-0.39, 0.29) is 5.41 Å². The van der Waals surface area contributed by atoms with E-state index in [9.17, 15) is 5.11 Å². The largest absolute Gasteiger partial charge is 0.389 e. The first-order valence-corrected chi connectivity index (χ1v) is 7.01. The summed E-state index contributed by atoms with van der Waals surface area (Å²) in [5.74, 6) is 0. The number of aliphatic hydroxyl groups is 1. The molecule has 0 saturated carbocycles. The Kier molecular flexibility index (Phi) is 4.57. The topological polar surface area (TPSA) is 32.3 Å². The molecule has 2 N–H and O–H groups in total. The van der Waals surface area contributed by atoms with Crippen LogP contribution in [-0.4, -0.2) is 23.8 Å². The van der Waals surface area contributed by atoms with Crippen molar-refractivity contribution in [2.75, 3.05) is 13.1 Å². The van der Waals surface area contributed by atoms with E-state index in [1.54, 1.807) is 11.3 Å². The Labute approximate surface area is 110 Å². The minimum atomic E-state index is -0.647. The first-order valence-electron chi connectivity index (χ1n) is 5.40. The molecule has 1 aromatic heterocycles.